The molecule has 0 aliphatic heterocycles. The summed E-state index contributed by atoms with van der Waals surface area (Å²) < 4.78 is 0. The van der Waals surface area contributed by atoms with Gasteiger partial charge in [0.05, 0.1) is 0 Å². The van der Waals surface area contributed by atoms with Gasteiger partial charge >= 0.3 is 0 Å². The van der Waals surface area contributed by atoms with Crippen molar-refractivity contribution in [1.82, 2.24) is 0 Å². The molecule has 1 radical (unpaired) electrons. The van der Waals surface area contributed by atoms with Crippen LogP contribution in [-0.4, -0.2) is 0 Å². The quantitative estimate of drug-likeness (QED) is 0.576. The predicted octanol–water partition coefficient (Wildman–Crippen LogP) is 6.27. The summed E-state index contributed by atoms with van der Waals surface area (Å²) in [5, 5.41) is 2.51. The van der Waals surface area contributed by atoms with Crippen molar-refractivity contribution in [1.29, 1.82) is 0 Å². The van der Waals surface area contributed by atoms with Crippen molar-refractivity contribution in [3.63, 3.8) is 0 Å². The summed E-state index contributed by atoms with van der Waals surface area (Å²) in [5.74, 6) is 0. The highest BCUT2D eigenvalue weighted by Gasteiger charge is 2.01. The maximum absolute atomic E-state index is 3.39. The van der Waals surface area contributed by atoms with Crippen molar-refractivity contribution in [3.8, 4) is 0 Å². The fourth-order valence-corrected chi connectivity index (χ4v) is 2.31. The van der Waals surface area contributed by atoms with Crippen molar-refractivity contribution < 1.29 is 0 Å². The first-order valence-corrected chi connectivity index (χ1v) is 7.63. The number of fused-ring (bicyclic) bond motifs is 1. The number of hydrogen-bond donors (Lipinski definition) is 0. The Bertz CT molecular complexity index is 547. The fraction of sp³-hybridized carbons (Fsp3) is 0.300. The zero-order valence-corrected chi connectivity index (χ0v) is 12.5. The van der Waals surface area contributed by atoms with Gasteiger partial charge in [0.1, 0.15) is 0 Å². The monoisotopic (exact) mass is 263 g/mol. The normalized spacial score (nSPS) is 11.9. The maximum atomic E-state index is 3.39. The van der Waals surface area contributed by atoms with Crippen molar-refractivity contribution in [2.45, 2.75) is 39.5 Å². The predicted molar refractivity (Wildman–Crippen MR) is 90.7 cm³/mol. The Balaban J connectivity index is 2.40. The zero-order valence-electron chi connectivity index (χ0n) is 12.5. The van der Waals surface area contributed by atoms with E-state index in [2.05, 4.69) is 68.5 Å². The zero-order chi connectivity index (χ0) is 14.2. The summed E-state index contributed by atoms with van der Waals surface area (Å²) in [5.41, 5.74) is 2.56. The molecule has 0 heterocycles. The van der Waals surface area contributed by atoms with Crippen LogP contribution in [0.2, 0.25) is 0 Å². The molecule has 0 bridgehead atoms. The molecule has 0 aliphatic rings. The number of hydrogen-bond acceptors (Lipinski definition) is 0. The van der Waals surface area contributed by atoms with E-state index >= 15 is 0 Å². The van der Waals surface area contributed by atoms with Crippen molar-refractivity contribution in [2.75, 3.05) is 0 Å². The molecule has 2 aromatic carbocycles. The lowest BCUT2D eigenvalue weighted by atomic mass is 9.99. The summed E-state index contributed by atoms with van der Waals surface area (Å²) in [7, 11) is 0. The average molecular weight is 263 g/mol. The van der Waals surface area contributed by atoms with Crippen LogP contribution in [0.4, 0.5) is 0 Å². The molecule has 0 saturated heterocycles. The first kappa shape index (κ1) is 14.6. The molecular formula is C20H23. The molecule has 0 fully saturated rings. The minimum Gasteiger partial charge on any atom is -0.0839 e. The van der Waals surface area contributed by atoms with Gasteiger partial charge in [-0.1, -0.05) is 81.3 Å². The minimum absolute atomic E-state index is 1.13. The van der Waals surface area contributed by atoms with Crippen LogP contribution in [0.15, 0.2) is 42.5 Å². The average Bonchev–Trinajstić information content (AvgIpc) is 2.48. The van der Waals surface area contributed by atoms with Gasteiger partial charge < -0.3 is 0 Å². The molecule has 0 aromatic heterocycles. The molecule has 103 valence electrons. The van der Waals surface area contributed by atoms with E-state index in [4.69, 9.17) is 0 Å². The van der Waals surface area contributed by atoms with E-state index in [1.54, 1.807) is 0 Å². The SMILES string of the molecule is CCC/C=C/c1cccc2c(/C=C/CCC)cc[c]c12. The Labute approximate surface area is 122 Å². The van der Waals surface area contributed by atoms with E-state index in [0.29, 0.717) is 0 Å². The molecule has 2 rings (SSSR count). The van der Waals surface area contributed by atoms with Gasteiger partial charge in [-0.3, -0.25) is 0 Å². The molecule has 0 spiro atoms. The number of rotatable bonds is 6. The van der Waals surface area contributed by atoms with Gasteiger partial charge in [-0.05, 0) is 40.8 Å². The highest BCUT2D eigenvalue weighted by Crippen LogP contribution is 2.24. The second kappa shape index (κ2) is 7.69. The van der Waals surface area contributed by atoms with E-state index in [9.17, 15) is 0 Å². The number of allylic oxidation sites excluding steroid dienone is 2. The van der Waals surface area contributed by atoms with Crippen LogP contribution in [0.1, 0.15) is 50.7 Å². The van der Waals surface area contributed by atoms with Crippen LogP contribution in [0.25, 0.3) is 22.9 Å². The van der Waals surface area contributed by atoms with Crippen LogP contribution in [0.5, 0.6) is 0 Å². The van der Waals surface area contributed by atoms with Gasteiger partial charge in [0, 0.05) is 0 Å². The Morgan fingerprint density at radius 2 is 1.60 bits per heavy atom. The van der Waals surface area contributed by atoms with Gasteiger partial charge in [0.15, 0.2) is 0 Å². The largest absolute Gasteiger partial charge is 0.0839 e. The summed E-state index contributed by atoms with van der Waals surface area (Å²) >= 11 is 0. The highest BCUT2D eigenvalue weighted by atomic mass is 14.0. The van der Waals surface area contributed by atoms with Crippen LogP contribution >= 0.6 is 0 Å². The van der Waals surface area contributed by atoms with E-state index in [0.717, 1.165) is 12.8 Å². The lowest BCUT2D eigenvalue weighted by Gasteiger charge is -2.05. The van der Waals surface area contributed by atoms with E-state index in [1.807, 2.05) is 6.07 Å². The summed E-state index contributed by atoms with van der Waals surface area (Å²) in [4.78, 5) is 0. The Hall–Kier alpha value is -1.82. The van der Waals surface area contributed by atoms with Crippen molar-refractivity contribution in [2.24, 2.45) is 0 Å². The third kappa shape index (κ3) is 3.60. The molecule has 2 aromatic rings. The third-order valence-corrected chi connectivity index (χ3v) is 3.40. The molecule has 0 nitrogen and oxygen atoms in total. The number of unbranched alkanes of at least 4 members (excludes halogenated alkanes) is 2. The molecule has 0 amide bonds. The number of benzene rings is 2. The third-order valence-electron chi connectivity index (χ3n) is 3.40. The molecule has 0 N–H and O–H groups in total. The standard InChI is InChI=1S/C20H23/c1-3-5-7-11-17-13-9-16-20-18(12-8-6-4-2)14-10-15-19(17)20/h7-15H,3-6H2,1-2H3/b11-7+,12-8+. The maximum Gasteiger partial charge on any atom is -0.00267 e. The van der Waals surface area contributed by atoms with Crippen molar-refractivity contribution in [3.05, 3.63) is 59.7 Å². The van der Waals surface area contributed by atoms with Gasteiger partial charge in [0.25, 0.3) is 0 Å². The lowest BCUT2D eigenvalue weighted by Crippen LogP contribution is -1.82. The van der Waals surface area contributed by atoms with Crippen LogP contribution in [0, 0.1) is 6.07 Å². The lowest BCUT2D eigenvalue weighted by molar-refractivity contribution is 0.962. The molecule has 20 heavy (non-hydrogen) atoms. The summed E-state index contributed by atoms with van der Waals surface area (Å²) in [6.07, 6.45) is 13.6. The first-order chi connectivity index (χ1) is 9.86. The molecule has 0 saturated carbocycles. The molecule has 0 unspecified atom stereocenters. The van der Waals surface area contributed by atoms with E-state index in [-0.39, 0.29) is 0 Å². The molecule has 0 heteroatoms. The second-order valence-corrected chi connectivity index (χ2v) is 5.08. The Kier molecular flexibility index (Phi) is 5.61. The van der Waals surface area contributed by atoms with Crippen LogP contribution < -0.4 is 0 Å². The van der Waals surface area contributed by atoms with Crippen molar-refractivity contribution >= 4 is 22.9 Å². The molecule has 0 aliphatic carbocycles. The minimum atomic E-state index is 1.13. The smallest absolute Gasteiger partial charge is 0.00267 e. The molecular weight excluding hydrogens is 240 g/mol. The summed E-state index contributed by atoms with van der Waals surface area (Å²) in [6.45, 7) is 4.41. The highest BCUT2D eigenvalue weighted by molar-refractivity contribution is 5.95. The van der Waals surface area contributed by atoms with Gasteiger partial charge in [0.2, 0.25) is 0 Å². The first-order valence-electron chi connectivity index (χ1n) is 7.63. The van der Waals surface area contributed by atoms with Crippen LogP contribution in [0.3, 0.4) is 0 Å². The molecule has 0 atom stereocenters. The Morgan fingerprint density at radius 1 is 0.900 bits per heavy atom. The van der Waals surface area contributed by atoms with E-state index in [1.165, 1.54) is 34.7 Å². The Morgan fingerprint density at radius 3 is 2.30 bits per heavy atom. The second-order valence-electron chi connectivity index (χ2n) is 5.08. The van der Waals surface area contributed by atoms with Gasteiger partial charge in [-0.15, -0.1) is 0 Å². The fourth-order valence-electron chi connectivity index (χ4n) is 2.31. The van der Waals surface area contributed by atoms with Gasteiger partial charge in [-0.2, -0.15) is 0 Å². The van der Waals surface area contributed by atoms with E-state index < -0.39 is 0 Å². The summed E-state index contributed by atoms with van der Waals surface area (Å²) in [6, 6.07) is 14.1. The topological polar surface area (TPSA) is 0 Å². The van der Waals surface area contributed by atoms with Crippen LogP contribution in [-0.2, 0) is 0 Å². The van der Waals surface area contributed by atoms with Gasteiger partial charge in [-0.25, -0.2) is 0 Å².